The Morgan fingerprint density at radius 2 is 2.06 bits per heavy atom. The van der Waals surface area contributed by atoms with E-state index >= 15 is 0 Å². The van der Waals surface area contributed by atoms with Gasteiger partial charge in [0.15, 0.2) is 5.49 Å². The molecule has 0 atom stereocenters. The van der Waals surface area contributed by atoms with E-state index in [1.54, 1.807) is 39.8 Å². The van der Waals surface area contributed by atoms with Gasteiger partial charge in [0.05, 0.1) is 5.69 Å². The van der Waals surface area contributed by atoms with Gasteiger partial charge in [0.2, 0.25) is 0 Å². The number of carbonyl (C=O) groups is 1. The highest BCUT2D eigenvalue weighted by molar-refractivity contribution is 5.68. The summed E-state index contributed by atoms with van der Waals surface area (Å²) in [6.45, 7) is 6.96. The van der Waals surface area contributed by atoms with E-state index in [0.29, 0.717) is 5.69 Å². The van der Waals surface area contributed by atoms with Gasteiger partial charge in [-0.15, -0.1) is 0 Å². The summed E-state index contributed by atoms with van der Waals surface area (Å²) in [5.74, 6) is 0. The number of pyridine rings is 1. The molecule has 0 aliphatic carbocycles. The Labute approximate surface area is 94.0 Å². The fourth-order valence-corrected chi connectivity index (χ4v) is 1.06. The molecule has 16 heavy (non-hydrogen) atoms. The van der Waals surface area contributed by atoms with E-state index in [2.05, 4.69) is 4.99 Å². The molecule has 5 heteroatoms. The first-order valence-corrected chi connectivity index (χ1v) is 4.95. The third kappa shape index (κ3) is 3.42. The molecule has 0 saturated carbocycles. The van der Waals surface area contributed by atoms with Gasteiger partial charge in [0.25, 0.3) is 0 Å². The van der Waals surface area contributed by atoms with Crippen LogP contribution < -0.4 is 5.49 Å². The third-order valence-electron chi connectivity index (χ3n) is 1.73. The number of ether oxygens (including phenoxy) is 1. The summed E-state index contributed by atoms with van der Waals surface area (Å²) in [5.41, 5.74) is 0.143. The summed E-state index contributed by atoms with van der Waals surface area (Å²) in [7, 11) is 0. The molecule has 1 amide bonds. The van der Waals surface area contributed by atoms with Crippen molar-refractivity contribution in [1.29, 1.82) is 0 Å². The highest BCUT2D eigenvalue weighted by Gasteiger charge is 2.15. The molecule has 0 fully saturated rings. The topological polar surface area (TPSA) is 63.8 Å². The van der Waals surface area contributed by atoms with Crippen molar-refractivity contribution in [2.24, 2.45) is 4.99 Å². The lowest BCUT2D eigenvalue weighted by molar-refractivity contribution is 0.0586. The average molecular weight is 224 g/mol. The maximum absolute atomic E-state index is 11.4. The molecule has 0 unspecified atom stereocenters. The Hall–Kier alpha value is -1.78. The summed E-state index contributed by atoms with van der Waals surface area (Å²) < 4.78 is 5.84. The van der Waals surface area contributed by atoms with Crippen LogP contribution in [0.1, 0.15) is 26.5 Å². The Morgan fingerprint density at radius 1 is 1.44 bits per heavy atom. The van der Waals surface area contributed by atoms with Gasteiger partial charge in [-0.25, -0.2) is 4.79 Å². The second-order valence-corrected chi connectivity index (χ2v) is 4.43. The maximum Gasteiger partial charge on any atom is 0.436 e. The molecule has 1 N–H and O–H groups in total. The monoisotopic (exact) mass is 224 g/mol. The minimum Gasteiger partial charge on any atom is -0.442 e. The molecule has 1 heterocycles. The van der Waals surface area contributed by atoms with Crippen molar-refractivity contribution >= 4 is 6.09 Å². The molecule has 5 nitrogen and oxygen atoms in total. The van der Waals surface area contributed by atoms with E-state index in [9.17, 15) is 10.0 Å². The molecule has 0 saturated heterocycles. The minimum absolute atomic E-state index is 0.147. The fourth-order valence-electron chi connectivity index (χ4n) is 1.06. The number of nitrogens with zero attached hydrogens (tertiary/aromatic N) is 2. The lowest BCUT2D eigenvalue weighted by atomic mass is 10.2. The molecular formula is C11H16N2O3. The Bertz CT molecular complexity index is 455. The first-order chi connectivity index (χ1) is 7.29. The highest BCUT2D eigenvalue weighted by Crippen LogP contribution is 2.07. The Kier molecular flexibility index (Phi) is 3.37. The summed E-state index contributed by atoms with van der Waals surface area (Å²) in [5, 5.41) is 9.56. The van der Waals surface area contributed by atoms with Gasteiger partial charge < -0.3 is 9.94 Å². The third-order valence-corrected chi connectivity index (χ3v) is 1.73. The molecule has 1 aromatic rings. The second kappa shape index (κ2) is 4.38. The summed E-state index contributed by atoms with van der Waals surface area (Å²) in [4.78, 5) is 15.0. The normalized spacial score (nSPS) is 12.6. The van der Waals surface area contributed by atoms with Crippen molar-refractivity contribution in [3.05, 3.63) is 29.4 Å². The fraction of sp³-hybridized carbons (Fsp3) is 0.455. The van der Waals surface area contributed by atoms with Crippen LogP contribution in [-0.2, 0) is 4.74 Å². The zero-order valence-electron chi connectivity index (χ0n) is 9.89. The average Bonchev–Trinajstić information content (AvgIpc) is 2.09. The number of hydrogen-bond acceptors (Lipinski definition) is 3. The minimum atomic E-state index is -0.721. The van der Waals surface area contributed by atoms with Gasteiger partial charge in [-0.05, 0) is 39.8 Å². The smallest absolute Gasteiger partial charge is 0.436 e. The number of aryl methyl sites for hydroxylation is 1. The van der Waals surface area contributed by atoms with Crippen molar-refractivity contribution in [3.8, 4) is 0 Å². The van der Waals surface area contributed by atoms with Gasteiger partial charge in [-0.2, -0.15) is 9.72 Å². The largest absolute Gasteiger partial charge is 0.442 e. The van der Waals surface area contributed by atoms with Gasteiger partial charge in [0, 0.05) is 0 Å². The molecule has 88 valence electrons. The van der Waals surface area contributed by atoms with Gasteiger partial charge in [-0.3, -0.25) is 0 Å². The van der Waals surface area contributed by atoms with Crippen LogP contribution in [0.5, 0.6) is 0 Å². The predicted octanol–water partition coefficient (Wildman–Crippen LogP) is 1.87. The van der Waals surface area contributed by atoms with Crippen LogP contribution in [0, 0.1) is 6.92 Å². The molecular weight excluding hydrogens is 208 g/mol. The lowest BCUT2D eigenvalue weighted by Crippen LogP contribution is -2.26. The number of carbonyl (C=O) groups excluding carboxylic acids is 1. The highest BCUT2D eigenvalue weighted by atomic mass is 16.6. The van der Waals surface area contributed by atoms with E-state index in [0.717, 1.165) is 4.73 Å². The zero-order valence-corrected chi connectivity index (χ0v) is 9.89. The number of aromatic nitrogens is 1. The Morgan fingerprint density at radius 3 is 2.62 bits per heavy atom. The van der Waals surface area contributed by atoms with Crippen molar-refractivity contribution < 1.29 is 14.7 Å². The second-order valence-electron chi connectivity index (χ2n) is 4.43. The molecule has 0 bridgehead atoms. The van der Waals surface area contributed by atoms with E-state index in [1.807, 2.05) is 0 Å². The van der Waals surface area contributed by atoms with Crippen LogP contribution in [0.4, 0.5) is 4.79 Å². The molecule has 0 radical (unpaired) electrons. The van der Waals surface area contributed by atoms with Gasteiger partial charge in [-0.1, -0.05) is 6.07 Å². The van der Waals surface area contributed by atoms with E-state index in [-0.39, 0.29) is 5.49 Å². The summed E-state index contributed by atoms with van der Waals surface area (Å²) in [6, 6.07) is 4.93. The van der Waals surface area contributed by atoms with E-state index < -0.39 is 11.7 Å². The summed E-state index contributed by atoms with van der Waals surface area (Å²) in [6.07, 6.45) is -0.721. The predicted molar refractivity (Wildman–Crippen MR) is 58.2 cm³/mol. The van der Waals surface area contributed by atoms with Crippen LogP contribution in [0.3, 0.4) is 0 Å². The first-order valence-electron chi connectivity index (χ1n) is 4.95. The van der Waals surface area contributed by atoms with Crippen molar-refractivity contribution in [2.75, 3.05) is 0 Å². The SMILES string of the molecule is Cc1ccc/c(=N/C(=O)OC(C)(C)C)n1O. The molecule has 1 rings (SSSR count). The molecule has 0 spiro atoms. The molecule has 0 aliphatic rings. The van der Waals surface area contributed by atoms with Crippen LogP contribution in [-0.4, -0.2) is 21.6 Å². The maximum atomic E-state index is 11.4. The molecule has 1 aromatic heterocycles. The Balaban J connectivity index is 3.01. The van der Waals surface area contributed by atoms with Crippen LogP contribution in [0.15, 0.2) is 23.2 Å². The number of hydrogen-bond donors (Lipinski definition) is 1. The number of amides is 1. The molecule has 0 aromatic carbocycles. The lowest BCUT2D eigenvalue weighted by Gasteiger charge is -2.17. The van der Waals surface area contributed by atoms with Gasteiger partial charge >= 0.3 is 6.09 Å². The van der Waals surface area contributed by atoms with Crippen molar-refractivity contribution in [1.82, 2.24) is 4.73 Å². The van der Waals surface area contributed by atoms with E-state index in [4.69, 9.17) is 4.74 Å². The zero-order chi connectivity index (χ0) is 12.3. The quantitative estimate of drug-likeness (QED) is 0.684. The van der Waals surface area contributed by atoms with E-state index in [1.165, 1.54) is 6.07 Å². The van der Waals surface area contributed by atoms with Crippen molar-refractivity contribution in [2.45, 2.75) is 33.3 Å². The van der Waals surface area contributed by atoms with Crippen LogP contribution >= 0.6 is 0 Å². The first kappa shape index (κ1) is 12.3. The van der Waals surface area contributed by atoms with Crippen LogP contribution in [0.25, 0.3) is 0 Å². The number of rotatable bonds is 0. The summed E-state index contributed by atoms with van der Waals surface area (Å²) >= 11 is 0. The van der Waals surface area contributed by atoms with Crippen LogP contribution in [0.2, 0.25) is 0 Å². The van der Waals surface area contributed by atoms with Crippen molar-refractivity contribution in [3.63, 3.8) is 0 Å². The standard InChI is InChI=1S/C11H16N2O3/c1-8-6-5-7-9(13(8)15)12-10(14)16-11(2,3)4/h5-7,15H,1-4H3/b12-9-. The van der Waals surface area contributed by atoms with Gasteiger partial charge in [0.1, 0.15) is 5.60 Å². The molecule has 0 aliphatic heterocycles.